The van der Waals surface area contributed by atoms with Crippen molar-refractivity contribution in [1.82, 2.24) is 20.2 Å². The highest BCUT2D eigenvalue weighted by molar-refractivity contribution is 5.97. The maximum Gasteiger partial charge on any atom is 0.318 e. The third-order valence-electron chi connectivity index (χ3n) is 9.43. The van der Waals surface area contributed by atoms with Gasteiger partial charge in [-0.1, -0.05) is 30.3 Å². The van der Waals surface area contributed by atoms with Crippen LogP contribution in [-0.4, -0.2) is 72.8 Å². The first-order valence-electron chi connectivity index (χ1n) is 15.0. The summed E-state index contributed by atoms with van der Waals surface area (Å²) < 4.78 is 6.35. The molecule has 3 fully saturated rings. The molecule has 0 radical (unpaired) electrons. The third kappa shape index (κ3) is 4.86. The number of ether oxygens (including phenoxy) is 1. The lowest BCUT2D eigenvalue weighted by Gasteiger charge is -2.37. The molecule has 4 aliphatic heterocycles. The Hall–Kier alpha value is -3.41. The quantitative estimate of drug-likeness (QED) is 0.483. The van der Waals surface area contributed by atoms with Crippen LogP contribution in [0.2, 0.25) is 0 Å². The van der Waals surface area contributed by atoms with E-state index in [2.05, 4.69) is 69.5 Å². The molecule has 0 amide bonds. The van der Waals surface area contributed by atoms with E-state index in [-0.39, 0.29) is 0 Å². The number of hydrogen-bond donors (Lipinski definition) is 1. The molecule has 4 aliphatic rings. The first kappa shape index (κ1) is 25.6. The van der Waals surface area contributed by atoms with E-state index >= 15 is 0 Å². The zero-order valence-corrected chi connectivity index (χ0v) is 23.5. The molecule has 0 aliphatic carbocycles. The topological polar surface area (TPSA) is 80.6 Å². The van der Waals surface area contributed by atoms with Crippen molar-refractivity contribution in [3.8, 4) is 12.1 Å². The van der Waals surface area contributed by atoms with E-state index in [0.29, 0.717) is 37.2 Å². The highest BCUT2D eigenvalue weighted by atomic mass is 16.5. The zero-order chi connectivity index (χ0) is 27.1. The summed E-state index contributed by atoms with van der Waals surface area (Å²) in [5.74, 6) is 1.09. The van der Waals surface area contributed by atoms with Gasteiger partial charge in [-0.15, -0.1) is 0 Å². The number of nitrogens with one attached hydrogen (secondary N) is 1. The number of nitrogens with zero attached hydrogens (tertiary/aromatic N) is 6. The third-order valence-corrected chi connectivity index (χ3v) is 9.43. The number of likely N-dealkylation sites (tertiary alicyclic amines) is 1. The van der Waals surface area contributed by atoms with Crippen molar-refractivity contribution in [1.29, 1.82) is 5.26 Å². The average molecular weight is 538 g/mol. The predicted molar refractivity (Wildman–Crippen MR) is 158 cm³/mol. The van der Waals surface area contributed by atoms with Crippen LogP contribution in [0.5, 0.6) is 6.01 Å². The number of likely N-dealkylation sites (N-methyl/N-ethyl adjacent to an activating group) is 1. The molecule has 3 aromatic rings. The van der Waals surface area contributed by atoms with Gasteiger partial charge in [-0.3, -0.25) is 0 Å². The lowest BCUT2D eigenvalue weighted by atomic mass is 9.97. The number of nitriles is 1. The Labute approximate surface area is 236 Å². The van der Waals surface area contributed by atoms with Gasteiger partial charge in [0.15, 0.2) is 0 Å². The first-order chi connectivity index (χ1) is 19.7. The molecule has 1 aromatic heterocycles. The average Bonchev–Trinajstić information content (AvgIpc) is 3.56. The Morgan fingerprint density at radius 3 is 2.62 bits per heavy atom. The van der Waals surface area contributed by atoms with Crippen molar-refractivity contribution in [2.45, 2.75) is 69.6 Å². The van der Waals surface area contributed by atoms with E-state index < -0.39 is 0 Å². The maximum absolute atomic E-state index is 9.25. The van der Waals surface area contributed by atoms with Gasteiger partial charge in [0.2, 0.25) is 0 Å². The minimum absolute atomic E-state index is 0.428. The van der Waals surface area contributed by atoms with Gasteiger partial charge in [-0.05, 0) is 69.1 Å². The van der Waals surface area contributed by atoms with Gasteiger partial charge in [0, 0.05) is 60.8 Å². The molecule has 2 bridgehead atoms. The Kier molecular flexibility index (Phi) is 6.94. The van der Waals surface area contributed by atoms with E-state index in [9.17, 15) is 5.26 Å². The fraction of sp³-hybridized carbons (Fsp3) is 0.531. The number of rotatable bonds is 7. The Morgan fingerprint density at radius 2 is 1.85 bits per heavy atom. The van der Waals surface area contributed by atoms with Crippen LogP contribution in [0.15, 0.2) is 36.4 Å². The minimum Gasteiger partial charge on any atom is -0.462 e. The Morgan fingerprint density at radius 1 is 1.02 bits per heavy atom. The van der Waals surface area contributed by atoms with Crippen LogP contribution in [0, 0.1) is 11.3 Å². The van der Waals surface area contributed by atoms with Gasteiger partial charge in [0.25, 0.3) is 0 Å². The van der Waals surface area contributed by atoms with Gasteiger partial charge in [0.1, 0.15) is 12.4 Å². The monoisotopic (exact) mass is 537 g/mol. The summed E-state index contributed by atoms with van der Waals surface area (Å²) in [6.45, 7) is 5.41. The number of hydrogen-bond acceptors (Lipinski definition) is 8. The van der Waals surface area contributed by atoms with Crippen molar-refractivity contribution >= 4 is 22.3 Å². The van der Waals surface area contributed by atoms with E-state index in [0.717, 1.165) is 57.1 Å². The van der Waals surface area contributed by atoms with Crippen molar-refractivity contribution in [2.75, 3.05) is 49.6 Å². The van der Waals surface area contributed by atoms with Crippen LogP contribution in [0.25, 0.3) is 10.8 Å². The van der Waals surface area contributed by atoms with E-state index in [4.69, 9.17) is 14.7 Å². The van der Waals surface area contributed by atoms with Crippen LogP contribution in [0.4, 0.5) is 11.5 Å². The predicted octanol–water partition coefficient (Wildman–Crippen LogP) is 4.06. The summed E-state index contributed by atoms with van der Waals surface area (Å²) in [5, 5.41) is 15.5. The zero-order valence-electron chi connectivity index (χ0n) is 23.5. The molecule has 2 aromatic carbocycles. The smallest absolute Gasteiger partial charge is 0.318 e. The molecule has 0 unspecified atom stereocenters. The summed E-state index contributed by atoms with van der Waals surface area (Å²) >= 11 is 0. The number of aromatic nitrogens is 2. The Balaban J connectivity index is 1.23. The molecule has 7 rings (SSSR count). The lowest BCUT2D eigenvalue weighted by Crippen LogP contribution is -2.52. The molecule has 0 saturated carbocycles. The number of anilines is 2. The fourth-order valence-corrected chi connectivity index (χ4v) is 7.31. The first-order valence-corrected chi connectivity index (χ1v) is 15.0. The summed E-state index contributed by atoms with van der Waals surface area (Å²) in [7, 11) is 2.18. The summed E-state index contributed by atoms with van der Waals surface area (Å²) in [6, 6.07) is 17.4. The standard InChI is InChI=1S/C32H39N7O/c1-37-16-5-10-26(37)21-40-32-35-28-20-38(29-11-3-8-22-6-2-7-23(30(22)29)9-4-15-33)17-14-27(28)31(36-32)39-18-24-12-13-25(19-39)34-24/h2-3,6-8,11,24-26,34H,4-5,9-10,12-14,16-21H2,1H3/t24-,25+,26-/m0/s1. The molecule has 0 spiro atoms. The van der Waals surface area contributed by atoms with Gasteiger partial charge in [-0.2, -0.15) is 15.2 Å². The van der Waals surface area contributed by atoms with E-state index in [1.165, 1.54) is 53.3 Å². The van der Waals surface area contributed by atoms with Crippen LogP contribution < -0.4 is 19.9 Å². The molecule has 8 heteroatoms. The molecule has 1 N–H and O–H groups in total. The van der Waals surface area contributed by atoms with E-state index in [1.807, 2.05) is 0 Å². The minimum atomic E-state index is 0.428. The molecule has 40 heavy (non-hydrogen) atoms. The molecule has 3 atom stereocenters. The second-order valence-corrected chi connectivity index (χ2v) is 12.0. The largest absolute Gasteiger partial charge is 0.462 e. The molecule has 5 heterocycles. The highest BCUT2D eigenvalue weighted by Crippen LogP contribution is 2.37. The van der Waals surface area contributed by atoms with Gasteiger partial charge < -0.3 is 24.8 Å². The van der Waals surface area contributed by atoms with Crippen LogP contribution in [0.3, 0.4) is 0 Å². The normalized spacial score (nSPS) is 24.4. The molecule has 208 valence electrons. The highest BCUT2D eigenvalue weighted by Gasteiger charge is 2.35. The second-order valence-electron chi connectivity index (χ2n) is 12.0. The van der Waals surface area contributed by atoms with Gasteiger partial charge >= 0.3 is 6.01 Å². The van der Waals surface area contributed by atoms with Crippen molar-refractivity contribution in [2.24, 2.45) is 0 Å². The fourth-order valence-electron chi connectivity index (χ4n) is 7.31. The van der Waals surface area contributed by atoms with Crippen LogP contribution >= 0.6 is 0 Å². The number of benzene rings is 2. The maximum atomic E-state index is 9.25. The molecular weight excluding hydrogens is 498 g/mol. The van der Waals surface area contributed by atoms with Gasteiger partial charge in [-0.25, -0.2) is 0 Å². The number of fused-ring (bicyclic) bond motifs is 4. The summed E-state index contributed by atoms with van der Waals surface area (Å²) in [6.07, 6.45) is 7.08. The number of piperazine rings is 1. The van der Waals surface area contributed by atoms with Crippen molar-refractivity contribution < 1.29 is 4.74 Å². The SMILES string of the molecule is CN1CCC[C@H]1COc1nc2c(c(N3C[C@H]4CC[C@@H](C3)N4)n1)CCN(c1cccc3cccc(CCC#N)c13)C2. The second kappa shape index (κ2) is 10.9. The summed E-state index contributed by atoms with van der Waals surface area (Å²) in [5.41, 5.74) is 4.84. The van der Waals surface area contributed by atoms with Crippen molar-refractivity contribution in [3.05, 3.63) is 53.2 Å². The van der Waals surface area contributed by atoms with Crippen LogP contribution in [-0.2, 0) is 19.4 Å². The van der Waals surface area contributed by atoms with Gasteiger partial charge in [0.05, 0.1) is 18.3 Å². The Bertz CT molecular complexity index is 1420. The lowest BCUT2D eigenvalue weighted by molar-refractivity contribution is 0.187. The van der Waals surface area contributed by atoms with Crippen molar-refractivity contribution in [3.63, 3.8) is 0 Å². The number of aryl methyl sites for hydroxylation is 1. The summed E-state index contributed by atoms with van der Waals surface area (Å²) in [4.78, 5) is 17.5. The molecular formula is C32H39N7O. The van der Waals surface area contributed by atoms with E-state index in [1.54, 1.807) is 0 Å². The molecule has 8 nitrogen and oxygen atoms in total. The van der Waals surface area contributed by atoms with Crippen LogP contribution in [0.1, 0.15) is 48.9 Å². The molecule has 3 saturated heterocycles.